The van der Waals surface area contributed by atoms with E-state index in [1.54, 1.807) is 0 Å². The molecular weight excluding hydrogens is 235 g/mol. The Hall–Kier alpha value is -1.30. The molecule has 0 aliphatic carbocycles. The molecule has 7 heteroatoms. The Kier molecular flexibility index (Phi) is 3.52. The molecular formula is C8H5ClF3NO2. The molecule has 0 fully saturated rings. The summed E-state index contributed by atoms with van der Waals surface area (Å²) in [4.78, 5) is 13.7. The molecule has 0 radical (unpaired) electrons. The zero-order valence-corrected chi connectivity index (χ0v) is 8.19. The van der Waals surface area contributed by atoms with Crippen LogP contribution < -0.4 is 4.74 Å². The lowest BCUT2D eigenvalue weighted by Gasteiger charge is -2.07. The quantitative estimate of drug-likeness (QED) is 0.601. The van der Waals surface area contributed by atoms with E-state index in [0.717, 1.165) is 13.2 Å². The maximum absolute atomic E-state index is 12.9. The first-order valence-electron chi connectivity index (χ1n) is 3.69. The van der Waals surface area contributed by atoms with Crippen LogP contribution in [0.15, 0.2) is 6.07 Å². The van der Waals surface area contributed by atoms with Crippen LogP contribution in [0.25, 0.3) is 0 Å². The van der Waals surface area contributed by atoms with Crippen molar-refractivity contribution in [3.05, 3.63) is 23.3 Å². The highest BCUT2D eigenvalue weighted by molar-refractivity contribution is 6.67. The van der Waals surface area contributed by atoms with Crippen molar-refractivity contribution in [1.82, 2.24) is 4.98 Å². The van der Waals surface area contributed by atoms with Crippen molar-refractivity contribution in [2.75, 3.05) is 7.11 Å². The maximum atomic E-state index is 12.9. The lowest BCUT2D eigenvalue weighted by molar-refractivity contribution is 0.106. The van der Waals surface area contributed by atoms with Crippen LogP contribution in [0.1, 0.15) is 22.5 Å². The van der Waals surface area contributed by atoms with E-state index in [2.05, 4.69) is 9.72 Å². The van der Waals surface area contributed by atoms with Gasteiger partial charge in [-0.05, 0) is 17.7 Å². The molecule has 82 valence electrons. The smallest absolute Gasteiger partial charge is 0.281 e. The van der Waals surface area contributed by atoms with Crippen LogP contribution in [-0.4, -0.2) is 17.3 Å². The fourth-order valence-electron chi connectivity index (χ4n) is 0.953. The molecule has 3 nitrogen and oxygen atoms in total. The SMILES string of the molecule is COc1cc(C(=O)Cl)c(C(F)F)nc1F. The largest absolute Gasteiger partial charge is 0.492 e. The van der Waals surface area contributed by atoms with Gasteiger partial charge in [-0.2, -0.15) is 4.39 Å². The molecule has 1 aromatic rings. The number of halogens is 4. The van der Waals surface area contributed by atoms with Crippen LogP contribution in [0.2, 0.25) is 0 Å². The number of aromatic nitrogens is 1. The highest BCUT2D eigenvalue weighted by Gasteiger charge is 2.22. The van der Waals surface area contributed by atoms with Gasteiger partial charge in [0.2, 0.25) is 0 Å². The van der Waals surface area contributed by atoms with Crippen molar-refractivity contribution in [2.24, 2.45) is 0 Å². The third-order valence-electron chi connectivity index (χ3n) is 1.61. The van der Waals surface area contributed by atoms with Crippen LogP contribution in [0.5, 0.6) is 5.75 Å². The number of hydrogen-bond acceptors (Lipinski definition) is 3. The van der Waals surface area contributed by atoms with E-state index >= 15 is 0 Å². The zero-order valence-electron chi connectivity index (χ0n) is 7.43. The lowest BCUT2D eigenvalue weighted by atomic mass is 10.2. The molecule has 0 amide bonds. The second-order valence-corrected chi connectivity index (χ2v) is 2.83. The Morgan fingerprint density at radius 1 is 1.60 bits per heavy atom. The molecule has 0 N–H and O–H groups in total. The molecule has 0 aliphatic rings. The summed E-state index contributed by atoms with van der Waals surface area (Å²) in [5.74, 6) is -1.63. The van der Waals surface area contributed by atoms with Gasteiger partial charge in [-0.25, -0.2) is 13.8 Å². The number of rotatable bonds is 3. The molecule has 0 saturated carbocycles. The monoisotopic (exact) mass is 239 g/mol. The first kappa shape index (κ1) is 11.8. The van der Waals surface area contributed by atoms with Gasteiger partial charge in [-0.1, -0.05) is 0 Å². The Morgan fingerprint density at radius 2 is 2.20 bits per heavy atom. The fraction of sp³-hybridized carbons (Fsp3) is 0.250. The number of carbonyl (C=O) groups is 1. The standard InChI is InChI=1S/C8H5ClF3NO2/c1-15-4-2-3(6(9)14)5(7(10)11)13-8(4)12/h2,7H,1H3. The van der Waals surface area contributed by atoms with Crippen molar-refractivity contribution in [3.8, 4) is 5.75 Å². The Morgan fingerprint density at radius 3 is 2.60 bits per heavy atom. The highest BCUT2D eigenvalue weighted by Crippen LogP contribution is 2.27. The summed E-state index contributed by atoms with van der Waals surface area (Å²) in [5, 5.41) is -1.14. The first-order chi connectivity index (χ1) is 6.97. The van der Waals surface area contributed by atoms with E-state index in [9.17, 15) is 18.0 Å². The average molecular weight is 240 g/mol. The number of pyridine rings is 1. The molecule has 1 rings (SSSR count). The Balaban J connectivity index is 3.39. The van der Waals surface area contributed by atoms with E-state index in [1.807, 2.05) is 0 Å². The highest BCUT2D eigenvalue weighted by atomic mass is 35.5. The first-order valence-corrected chi connectivity index (χ1v) is 4.07. The molecule has 1 aromatic heterocycles. The zero-order chi connectivity index (χ0) is 11.6. The van der Waals surface area contributed by atoms with Crippen molar-refractivity contribution in [2.45, 2.75) is 6.43 Å². The Bertz CT molecular complexity index is 398. The topological polar surface area (TPSA) is 39.2 Å². The van der Waals surface area contributed by atoms with Gasteiger partial charge in [0.1, 0.15) is 5.69 Å². The molecule has 0 aliphatic heterocycles. The summed E-state index contributed by atoms with van der Waals surface area (Å²) >= 11 is 5.04. The summed E-state index contributed by atoms with van der Waals surface area (Å²) in [7, 11) is 1.12. The fourth-order valence-corrected chi connectivity index (χ4v) is 1.10. The van der Waals surface area contributed by atoms with Gasteiger partial charge in [0.15, 0.2) is 5.75 Å². The van der Waals surface area contributed by atoms with Gasteiger partial charge in [-0.3, -0.25) is 4.79 Å². The van der Waals surface area contributed by atoms with E-state index in [4.69, 9.17) is 11.6 Å². The minimum atomic E-state index is -3.08. The summed E-state index contributed by atoms with van der Waals surface area (Å²) < 4.78 is 42.1. The van der Waals surface area contributed by atoms with E-state index in [0.29, 0.717) is 0 Å². The number of nitrogens with zero attached hydrogens (tertiary/aromatic N) is 1. The van der Waals surface area contributed by atoms with Crippen molar-refractivity contribution in [3.63, 3.8) is 0 Å². The van der Waals surface area contributed by atoms with E-state index in [1.165, 1.54) is 0 Å². The van der Waals surface area contributed by atoms with Gasteiger partial charge in [-0.15, -0.1) is 0 Å². The summed E-state index contributed by atoms with van der Waals surface area (Å²) in [6.07, 6.45) is -3.08. The van der Waals surface area contributed by atoms with Gasteiger partial charge in [0, 0.05) is 0 Å². The Labute approximate surface area is 87.8 Å². The molecule has 0 aromatic carbocycles. The summed E-state index contributed by atoms with van der Waals surface area (Å²) in [6.45, 7) is 0. The van der Waals surface area contributed by atoms with Crippen molar-refractivity contribution in [1.29, 1.82) is 0 Å². The normalized spacial score (nSPS) is 10.5. The van der Waals surface area contributed by atoms with Gasteiger partial charge < -0.3 is 4.74 Å². The molecule has 0 spiro atoms. The van der Waals surface area contributed by atoms with Crippen LogP contribution in [-0.2, 0) is 0 Å². The average Bonchev–Trinajstić information content (AvgIpc) is 2.16. The molecule has 0 atom stereocenters. The number of methoxy groups -OCH3 is 1. The minimum absolute atomic E-state index is 0.414. The number of alkyl halides is 2. The van der Waals surface area contributed by atoms with Crippen molar-refractivity contribution >= 4 is 16.8 Å². The number of hydrogen-bond donors (Lipinski definition) is 0. The van der Waals surface area contributed by atoms with Crippen molar-refractivity contribution < 1.29 is 22.7 Å². The lowest BCUT2D eigenvalue weighted by Crippen LogP contribution is -2.05. The molecule has 0 unspecified atom stereocenters. The second kappa shape index (κ2) is 4.48. The predicted octanol–water partition coefficient (Wildman–Crippen LogP) is 2.55. The molecule has 1 heterocycles. The maximum Gasteiger partial charge on any atom is 0.281 e. The van der Waals surface area contributed by atoms with Gasteiger partial charge >= 0.3 is 0 Å². The van der Waals surface area contributed by atoms with Crippen LogP contribution >= 0.6 is 11.6 Å². The third-order valence-corrected chi connectivity index (χ3v) is 1.82. The van der Waals surface area contributed by atoms with Crippen LogP contribution in [0.3, 0.4) is 0 Å². The van der Waals surface area contributed by atoms with E-state index in [-0.39, 0.29) is 0 Å². The summed E-state index contributed by atoms with van der Waals surface area (Å²) in [5.41, 5.74) is -1.56. The van der Waals surface area contributed by atoms with Gasteiger partial charge in [0.25, 0.3) is 17.6 Å². The predicted molar refractivity (Wildman–Crippen MR) is 45.9 cm³/mol. The van der Waals surface area contributed by atoms with Crippen LogP contribution in [0, 0.1) is 5.95 Å². The number of ether oxygens (including phenoxy) is 1. The third kappa shape index (κ3) is 2.38. The summed E-state index contributed by atoms with van der Waals surface area (Å²) in [6, 6.07) is 0.791. The molecule has 0 bridgehead atoms. The molecule has 0 saturated heterocycles. The van der Waals surface area contributed by atoms with Gasteiger partial charge in [0.05, 0.1) is 12.7 Å². The van der Waals surface area contributed by atoms with E-state index < -0.39 is 34.6 Å². The number of carbonyl (C=O) groups excluding carboxylic acids is 1. The molecule has 15 heavy (non-hydrogen) atoms. The second-order valence-electron chi connectivity index (χ2n) is 2.49. The van der Waals surface area contributed by atoms with Crippen LogP contribution in [0.4, 0.5) is 13.2 Å². The minimum Gasteiger partial charge on any atom is -0.492 e.